The zero-order chi connectivity index (χ0) is 11.9. The highest BCUT2D eigenvalue weighted by atomic mass is 15.1. The van der Waals surface area contributed by atoms with Crippen LogP contribution < -0.4 is 5.32 Å². The van der Waals surface area contributed by atoms with E-state index in [1.165, 1.54) is 32.4 Å². The summed E-state index contributed by atoms with van der Waals surface area (Å²) in [5.41, 5.74) is 3.65. The summed E-state index contributed by atoms with van der Waals surface area (Å²) < 4.78 is 0. The topological polar surface area (TPSA) is 15.3 Å². The highest BCUT2D eigenvalue weighted by molar-refractivity contribution is 5.42. The second-order valence-corrected chi connectivity index (χ2v) is 5.80. The largest absolute Gasteiger partial charge is 0.317 e. The van der Waals surface area contributed by atoms with Crippen LogP contribution in [0.4, 0.5) is 0 Å². The van der Waals surface area contributed by atoms with E-state index in [9.17, 15) is 0 Å². The Labute approximate surface area is 104 Å². The molecule has 2 aliphatic rings. The van der Waals surface area contributed by atoms with Crippen LogP contribution in [0.15, 0.2) is 24.3 Å². The molecule has 92 valence electrons. The Morgan fingerprint density at radius 1 is 1.18 bits per heavy atom. The van der Waals surface area contributed by atoms with Crippen molar-refractivity contribution in [3.05, 3.63) is 35.4 Å². The van der Waals surface area contributed by atoms with Gasteiger partial charge in [0.25, 0.3) is 0 Å². The van der Waals surface area contributed by atoms with Crippen LogP contribution in [0.3, 0.4) is 0 Å². The highest BCUT2D eigenvalue weighted by Crippen LogP contribution is 2.51. The minimum Gasteiger partial charge on any atom is -0.317 e. The molecule has 1 aromatic carbocycles. The average molecular weight is 230 g/mol. The van der Waals surface area contributed by atoms with Crippen molar-refractivity contribution >= 4 is 0 Å². The predicted molar refractivity (Wildman–Crippen MR) is 71.3 cm³/mol. The van der Waals surface area contributed by atoms with Gasteiger partial charge >= 0.3 is 0 Å². The molecule has 1 N–H and O–H groups in total. The zero-order valence-corrected chi connectivity index (χ0v) is 10.9. The Morgan fingerprint density at radius 2 is 1.88 bits per heavy atom. The molecule has 0 saturated carbocycles. The molecule has 1 atom stereocenters. The number of piperidine rings is 1. The maximum Gasteiger partial charge on any atom is 0.0353 e. The van der Waals surface area contributed by atoms with E-state index in [1.807, 2.05) is 0 Å². The van der Waals surface area contributed by atoms with Gasteiger partial charge in [0.05, 0.1) is 0 Å². The van der Waals surface area contributed by atoms with Crippen LogP contribution in [0.1, 0.15) is 36.4 Å². The normalized spacial score (nSPS) is 26.4. The first-order valence-electron chi connectivity index (χ1n) is 6.69. The third-order valence-corrected chi connectivity index (χ3v) is 4.66. The summed E-state index contributed by atoms with van der Waals surface area (Å²) in [6.07, 6.45) is 3.91. The molecule has 2 heteroatoms. The molecule has 0 amide bonds. The van der Waals surface area contributed by atoms with E-state index in [0.717, 1.165) is 0 Å². The summed E-state index contributed by atoms with van der Waals surface area (Å²) in [5, 5.41) is 3.50. The molecule has 0 radical (unpaired) electrons. The summed E-state index contributed by atoms with van der Waals surface area (Å²) in [6, 6.07) is 9.71. The van der Waals surface area contributed by atoms with Gasteiger partial charge in [-0.2, -0.15) is 0 Å². The molecule has 0 bridgehead atoms. The molecule has 1 unspecified atom stereocenters. The molecule has 2 nitrogen and oxygen atoms in total. The quantitative estimate of drug-likeness (QED) is 0.796. The van der Waals surface area contributed by atoms with Crippen LogP contribution in [0.25, 0.3) is 0 Å². The maximum atomic E-state index is 3.50. The fraction of sp³-hybridized carbons (Fsp3) is 0.600. The van der Waals surface area contributed by atoms with Crippen molar-refractivity contribution in [2.75, 3.05) is 27.2 Å². The second-order valence-electron chi connectivity index (χ2n) is 5.80. The van der Waals surface area contributed by atoms with Gasteiger partial charge in [0, 0.05) is 6.04 Å². The predicted octanol–water partition coefficient (Wildman–Crippen LogP) is 2.31. The van der Waals surface area contributed by atoms with Crippen molar-refractivity contribution in [2.45, 2.75) is 30.7 Å². The lowest BCUT2D eigenvalue weighted by atomic mass is 9.74. The average Bonchev–Trinajstić information content (AvgIpc) is 2.66. The second kappa shape index (κ2) is 4.11. The van der Waals surface area contributed by atoms with Crippen LogP contribution >= 0.6 is 0 Å². The Morgan fingerprint density at radius 3 is 2.59 bits per heavy atom. The monoisotopic (exact) mass is 230 g/mol. The lowest BCUT2D eigenvalue weighted by Gasteiger charge is -2.35. The number of hydrogen-bond acceptors (Lipinski definition) is 2. The molecule has 17 heavy (non-hydrogen) atoms. The third kappa shape index (κ3) is 1.71. The van der Waals surface area contributed by atoms with Crippen molar-refractivity contribution in [1.29, 1.82) is 0 Å². The summed E-state index contributed by atoms with van der Waals surface area (Å²) in [7, 11) is 4.42. The molecule has 1 saturated heterocycles. The Hall–Kier alpha value is -0.860. The fourth-order valence-corrected chi connectivity index (χ4v) is 3.70. The van der Waals surface area contributed by atoms with Crippen LogP contribution in [-0.2, 0) is 5.41 Å². The first-order chi connectivity index (χ1) is 8.23. The number of hydrogen-bond donors (Lipinski definition) is 1. The number of benzene rings is 1. The molecule has 3 rings (SSSR count). The van der Waals surface area contributed by atoms with Crippen molar-refractivity contribution in [3.8, 4) is 0 Å². The van der Waals surface area contributed by atoms with Gasteiger partial charge in [0.2, 0.25) is 0 Å². The van der Waals surface area contributed by atoms with Gasteiger partial charge in [-0.1, -0.05) is 24.3 Å². The van der Waals surface area contributed by atoms with Gasteiger partial charge in [0.15, 0.2) is 0 Å². The van der Waals surface area contributed by atoms with Gasteiger partial charge in [-0.3, -0.25) is 0 Å². The van der Waals surface area contributed by atoms with Gasteiger partial charge in [0.1, 0.15) is 0 Å². The molecule has 1 spiro atoms. The van der Waals surface area contributed by atoms with Crippen molar-refractivity contribution in [1.82, 2.24) is 10.2 Å². The van der Waals surface area contributed by atoms with Crippen molar-refractivity contribution in [3.63, 3.8) is 0 Å². The molecule has 1 fully saturated rings. The Bertz CT molecular complexity index is 405. The zero-order valence-electron chi connectivity index (χ0n) is 10.9. The molecule has 1 aromatic rings. The lowest BCUT2D eigenvalue weighted by Crippen LogP contribution is -2.38. The summed E-state index contributed by atoms with van der Waals surface area (Å²) in [5.74, 6) is 0. The van der Waals surface area contributed by atoms with E-state index in [0.29, 0.717) is 11.5 Å². The lowest BCUT2D eigenvalue weighted by molar-refractivity contribution is 0.223. The SMILES string of the molecule is CN(C)C1CC2(CCNCC2)c2ccccc21. The fourth-order valence-electron chi connectivity index (χ4n) is 3.70. The smallest absolute Gasteiger partial charge is 0.0353 e. The first-order valence-corrected chi connectivity index (χ1v) is 6.69. The maximum absolute atomic E-state index is 3.50. The Balaban J connectivity index is 2.04. The number of rotatable bonds is 1. The molecule has 0 aromatic heterocycles. The van der Waals surface area contributed by atoms with Crippen molar-refractivity contribution < 1.29 is 0 Å². The molecule has 1 heterocycles. The van der Waals surface area contributed by atoms with Crippen LogP contribution in [0.5, 0.6) is 0 Å². The minimum absolute atomic E-state index is 0.455. The summed E-state index contributed by atoms with van der Waals surface area (Å²) in [4.78, 5) is 2.38. The molecule has 1 aliphatic carbocycles. The summed E-state index contributed by atoms with van der Waals surface area (Å²) >= 11 is 0. The summed E-state index contributed by atoms with van der Waals surface area (Å²) in [6.45, 7) is 2.35. The van der Waals surface area contributed by atoms with E-state index >= 15 is 0 Å². The van der Waals surface area contributed by atoms with E-state index < -0.39 is 0 Å². The van der Waals surface area contributed by atoms with Gasteiger partial charge < -0.3 is 10.2 Å². The van der Waals surface area contributed by atoms with Crippen LogP contribution in [0.2, 0.25) is 0 Å². The number of nitrogens with zero attached hydrogens (tertiary/aromatic N) is 1. The number of nitrogens with one attached hydrogen (secondary N) is 1. The third-order valence-electron chi connectivity index (χ3n) is 4.66. The molecular weight excluding hydrogens is 208 g/mol. The van der Waals surface area contributed by atoms with Crippen molar-refractivity contribution in [2.24, 2.45) is 0 Å². The van der Waals surface area contributed by atoms with Gasteiger partial charge in [-0.15, -0.1) is 0 Å². The molecular formula is C15H22N2. The van der Waals surface area contributed by atoms with Gasteiger partial charge in [-0.05, 0) is 63.0 Å². The van der Waals surface area contributed by atoms with Crippen LogP contribution in [0, 0.1) is 0 Å². The Kier molecular flexibility index (Phi) is 2.72. The van der Waals surface area contributed by atoms with Gasteiger partial charge in [-0.25, -0.2) is 0 Å². The van der Waals surface area contributed by atoms with E-state index in [2.05, 4.69) is 48.6 Å². The van der Waals surface area contributed by atoms with E-state index in [4.69, 9.17) is 0 Å². The van der Waals surface area contributed by atoms with E-state index in [1.54, 1.807) is 11.1 Å². The first kappa shape index (κ1) is 11.2. The number of fused-ring (bicyclic) bond motifs is 2. The van der Waals surface area contributed by atoms with E-state index in [-0.39, 0.29) is 0 Å². The standard InChI is InChI=1S/C15H22N2/c1-17(2)14-11-15(7-9-16-10-8-15)13-6-4-3-5-12(13)14/h3-6,14,16H,7-11H2,1-2H3. The highest BCUT2D eigenvalue weighted by Gasteiger charge is 2.44. The van der Waals surface area contributed by atoms with Crippen LogP contribution in [-0.4, -0.2) is 32.1 Å². The molecule has 1 aliphatic heterocycles. The minimum atomic E-state index is 0.455.